The first kappa shape index (κ1) is 31.7. The molecule has 0 N–H and O–H groups in total. The van der Waals surface area contributed by atoms with Gasteiger partial charge in [-0.05, 0) is 88.4 Å². The summed E-state index contributed by atoms with van der Waals surface area (Å²) in [5, 5.41) is 4.68. The summed E-state index contributed by atoms with van der Waals surface area (Å²) in [5.41, 5.74) is 11.3. The van der Waals surface area contributed by atoms with Crippen LogP contribution in [0, 0.1) is 13.8 Å². The van der Waals surface area contributed by atoms with Gasteiger partial charge in [0.15, 0.2) is 11.6 Å². The van der Waals surface area contributed by atoms with Crippen molar-refractivity contribution in [2.75, 3.05) is 0 Å². The Hall–Kier alpha value is -6.52. The van der Waals surface area contributed by atoms with Gasteiger partial charge in [-0.3, -0.25) is 0 Å². The van der Waals surface area contributed by atoms with Crippen LogP contribution in [0.25, 0.3) is 61.0 Å². The number of hydrogen-bond donors (Lipinski definition) is 0. The number of benzene rings is 6. The fraction of sp³-hybridized carbons (Fsp3) is 0.0638. The lowest BCUT2D eigenvalue weighted by atomic mass is 9.92. The van der Waals surface area contributed by atoms with Gasteiger partial charge in [-0.15, -0.1) is 0 Å². The molecule has 0 atom stereocenters. The number of pyridine rings is 1. The van der Waals surface area contributed by atoms with Gasteiger partial charge in [-0.2, -0.15) is 0 Å². The van der Waals surface area contributed by atoms with Gasteiger partial charge >= 0.3 is 0 Å². The molecule has 0 aliphatic rings. The highest BCUT2D eigenvalue weighted by Gasteiger charge is 2.15. The molecule has 0 radical (unpaired) electrons. The SMILES string of the molecule is CC(/C=C(/c1ccc(-c2nc(-c3cccc4ccccc34)cc(-c3cccc4ccccc34)n2)cc1)c1ccccc1C)=N\c1ncccc1C. The third kappa shape index (κ3) is 6.48. The van der Waals surface area contributed by atoms with Crippen molar-refractivity contribution in [1.29, 1.82) is 0 Å². The monoisotopic (exact) mass is 656 g/mol. The first-order chi connectivity index (χ1) is 25.0. The lowest BCUT2D eigenvalue weighted by molar-refractivity contribution is 1.19. The smallest absolute Gasteiger partial charge is 0.160 e. The fourth-order valence-corrected chi connectivity index (χ4v) is 6.74. The van der Waals surface area contributed by atoms with Gasteiger partial charge in [0, 0.05) is 28.6 Å². The maximum absolute atomic E-state index is 5.23. The largest absolute Gasteiger partial charge is 0.237 e. The molecule has 0 unspecified atom stereocenters. The van der Waals surface area contributed by atoms with Crippen molar-refractivity contribution in [2.24, 2.45) is 4.99 Å². The minimum absolute atomic E-state index is 0.680. The molecular weight excluding hydrogens is 621 g/mol. The quantitative estimate of drug-likeness (QED) is 0.160. The molecule has 0 aliphatic heterocycles. The van der Waals surface area contributed by atoms with Crippen LogP contribution in [-0.2, 0) is 0 Å². The molecule has 51 heavy (non-hydrogen) atoms. The number of aryl methyl sites for hydroxylation is 2. The lowest BCUT2D eigenvalue weighted by Gasteiger charge is -2.14. The van der Waals surface area contributed by atoms with Gasteiger partial charge in [0.05, 0.1) is 11.4 Å². The number of aliphatic imine (C=N–C) groups is 1. The molecule has 0 aliphatic carbocycles. The molecule has 4 nitrogen and oxygen atoms in total. The second kappa shape index (κ2) is 13.8. The number of aromatic nitrogens is 3. The Labute approximate surface area is 298 Å². The van der Waals surface area contributed by atoms with Crippen molar-refractivity contribution in [3.8, 4) is 33.9 Å². The average Bonchev–Trinajstić information content (AvgIpc) is 3.17. The molecule has 4 heteroatoms. The van der Waals surface area contributed by atoms with Gasteiger partial charge in [0.2, 0.25) is 0 Å². The first-order valence-corrected chi connectivity index (χ1v) is 17.2. The third-order valence-electron chi connectivity index (χ3n) is 9.36. The zero-order chi connectivity index (χ0) is 34.7. The molecule has 0 amide bonds. The van der Waals surface area contributed by atoms with Crippen molar-refractivity contribution in [2.45, 2.75) is 20.8 Å². The first-order valence-electron chi connectivity index (χ1n) is 17.2. The summed E-state index contributed by atoms with van der Waals surface area (Å²) < 4.78 is 0. The lowest BCUT2D eigenvalue weighted by Crippen LogP contribution is -1.98. The molecule has 2 heterocycles. The normalized spacial score (nSPS) is 12.1. The second-order valence-electron chi connectivity index (χ2n) is 12.9. The zero-order valence-electron chi connectivity index (χ0n) is 28.9. The van der Waals surface area contributed by atoms with Gasteiger partial charge in [0.1, 0.15) is 0 Å². The highest BCUT2D eigenvalue weighted by Crippen LogP contribution is 2.35. The predicted octanol–water partition coefficient (Wildman–Crippen LogP) is 12.0. The number of fused-ring (bicyclic) bond motifs is 2. The third-order valence-corrected chi connectivity index (χ3v) is 9.36. The maximum atomic E-state index is 5.23. The van der Waals surface area contributed by atoms with Gasteiger partial charge < -0.3 is 0 Å². The van der Waals surface area contributed by atoms with E-state index in [9.17, 15) is 0 Å². The van der Waals surface area contributed by atoms with E-state index < -0.39 is 0 Å². The topological polar surface area (TPSA) is 51.0 Å². The second-order valence-corrected chi connectivity index (χ2v) is 12.9. The summed E-state index contributed by atoms with van der Waals surface area (Å²) in [7, 11) is 0. The van der Waals surface area contributed by atoms with Gasteiger partial charge in [-0.1, -0.05) is 140 Å². The summed E-state index contributed by atoms with van der Waals surface area (Å²) in [5.74, 6) is 1.41. The number of rotatable bonds is 7. The molecule has 6 aromatic carbocycles. The number of nitrogens with zero attached hydrogens (tertiary/aromatic N) is 4. The standard InChI is InChI=1S/C47H36N4/c1-31-13-4-7-19-38(31)43(29-33(3)49-46-32(2)14-12-28-48-46)36-24-26-37(27-25-36)47-50-44(41-22-10-17-34-15-5-8-20-39(34)41)30-45(51-47)42-23-11-18-35-16-6-9-21-40(35)42/h4-30H,1-3H3/b43-29-,49-33+. The maximum Gasteiger partial charge on any atom is 0.160 e. The predicted molar refractivity (Wildman–Crippen MR) is 213 cm³/mol. The van der Waals surface area contributed by atoms with E-state index in [0.717, 1.165) is 72.6 Å². The minimum atomic E-state index is 0.680. The Balaban J connectivity index is 1.27. The fourth-order valence-electron chi connectivity index (χ4n) is 6.74. The molecular formula is C47H36N4. The number of hydrogen-bond acceptors (Lipinski definition) is 4. The van der Waals surface area contributed by atoms with Crippen LogP contribution in [0.1, 0.15) is 29.2 Å². The summed E-state index contributed by atoms with van der Waals surface area (Å²) in [6.07, 6.45) is 3.94. The molecule has 0 bridgehead atoms. The minimum Gasteiger partial charge on any atom is -0.237 e. The van der Waals surface area contributed by atoms with Gasteiger partial charge in [-0.25, -0.2) is 19.9 Å². The van der Waals surface area contributed by atoms with E-state index in [4.69, 9.17) is 15.0 Å². The van der Waals surface area contributed by atoms with Crippen LogP contribution in [0.15, 0.2) is 169 Å². The summed E-state index contributed by atoms with van der Waals surface area (Å²) >= 11 is 0. The highest BCUT2D eigenvalue weighted by molar-refractivity contribution is 6.04. The van der Waals surface area contributed by atoms with Crippen LogP contribution >= 0.6 is 0 Å². The average molecular weight is 657 g/mol. The van der Waals surface area contributed by atoms with Crippen molar-refractivity contribution in [3.05, 3.63) is 186 Å². The van der Waals surface area contributed by atoms with E-state index >= 15 is 0 Å². The Morgan fingerprint density at radius 3 is 1.76 bits per heavy atom. The summed E-state index contributed by atoms with van der Waals surface area (Å²) in [4.78, 5) is 19.8. The molecule has 8 aromatic rings. The van der Waals surface area contributed by atoms with Crippen LogP contribution in [0.3, 0.4) is 0 Å². The molecule has 0 fully saturated rings. The Morgan fingerprint density at radius 2 is 1.14 bits per heavy atom. The Morgan fingerprint density at radius 1 is 0.569 bits per heavy atom. The van der Waals surface area contributed by atoms with E-state index in [-0.39, 0.29) is 0 Å². The van der Waals surface area contributed by atoms with Crippen LogP contribution in [-0.4, -0.2) is 20.7 Å². The van der Waals surface area contributed by atoms with Crippen LogP contribution in [0.2, 0.25) is 0 Å². The van der Waals surface area contributed by atoms with E-state index in [1.165, 1.54) is 16.3 Å². The van der Waals surface area contributed by atoms with E-state index in [1.54, 1.807) is 6.20 Å². The molecule has 2 aromatic heterocycles. The summed E-state index contributed by atoms with van der Waals surface area (Å²) in [6, 6.07) is 52.9. The van der Waals surface area contributed by atoms with Gasteiger partial charge in [0.25, 0.3) is 0 Å². The zero-order valence-corrected chi connectivity index (χ0v) is 28.9. The van der Waals surface area contributed by atoms with Crippen molar-refractivity contribution in [3.63, 3.8) is 0 Å². The highest BCUT2D eigenvalue weighted by atomic mass is 14.9. The van der Waals surface area contributed by atoms with E-state index in [2.05, 4.69) is 158 Å². The molecule has 0 spiro atoms. The number of allylic oxidation sites excluding steroid dienone is 1. The molecule has 244 valence electrons. The van der Waals surface area contributed by atoms with Crippen molar-refractivity contribution in [1.82, 2.24) is 15.0 Å². The summed E-state index contributed by atoms with van der Waals surface area (Å²) in [6.45, 7) is 6.21. The Bertz CT molecular complexity index is 2510. The van der Waals surface area contributed by atoms with E-state index in [1.807, 2.05) is 26.0 Å². The molecule has 0 saturated carbocycles. The van der Waals surface area contributed by atoms with Crippen LogP contribution < -0.4 is 0 Å². The van der Waals surface area contributed by atoms with Crippen LogP contribution in [0.5, 0.6) is 0 Å². The molecule has 8 rings (SSSR count). The van der Waals surface area contributed by atoms with Crippen molar-refractivity contribution < 1.29 is 0 Å². The van der Waals surface area contributed by atoms with Crippen LogP contribution in [0.4, 0.5) is 5.82 Å². The van der Waals surface area contributed by atoms with E-state index in [0.29, 0.717) is 5.82 Å². The van der Waals surface area contributed by atoms with Crippen molar-refractivity contribution >= 4 is 38.6 Å². The Kier molecular flexibility index (Phi) is 8.57. The molecule has 0 saturated heterocycles.